The number of Topliss-reactive ketones (excluding diaryl/α,β-unsaturated/α-hetero) is 1. The maximum atomic E-state index is 14.1. The smallest absolute Gasteiger partial charge is 0.264 e. The van der Waals surface area contributed by atoms with Gasteiger partial charge in [-0.05, 0) is 184 Å². The van der Waals surface area contributed by atoms with Crippen LogP contribution in [0.1, 0.15) is 159 Å². The van der Waals surface area contributed by atoms with E-state index in [0.717, 1.165) is 121 Å². The molecule has 4 aromatic carbocycles. The number of anilines is 2. The van der Waals surface area contributed by atoms with Gasteiger partial charge in [-0.25, -0.2) is 18.1 Å². The number of carbonyl (C=O) groups excluding carboxylic acids is 6. The van der Waals surface area contributed by atoms with E-state index in [0.29, 0.717) is 48.9 Å². The Morgan fingerprint density at radius 1 is 0.792 bits per heavy atom. The molecular weight excluding hydrogens is 1400 g/mol. The standard InChI is InChI=1S/C82H112N10O11S3/c1-56-45-67(106(100,101)88-76(97)61-20-22-64(23-21-61)91-39-37-90(38-40-91)49-62-28-32-80(6,7)47-68(62)82-52-81(8,53-82)54-82)24-25-69(56)86-63(51-104-66-13-10-9-11-14-66)31-36-89-34-29-59(30-35-89)71(94)15-12-41-102-43-44-103-42-33-83-72(95)26-27-73(96)87-75(79(3,4)5)78(99)92-50-65(93)46-70(92)77(98)84-48-58-16-18-60(19-17-58)74-57(2)85-55-105-74/h9-11,13-14,16-25,45,55,59,63,65,70,75,86,93H,12,15,26-44,46-54H2,1-8H3,(H,83,95)(H,84,98)(H,87,96)(H,88,97)/t63-,65-,70+,75-,81?,82?/m1/s1. The molecule has 4 aliphatic carbocycles. The molecule has 4 atom stereocenters. The highest BCUT2D eigenvalue weighted by Crippen LogP contribution is 2.77. The van der Waals surface area contributed by atoms with Gasteiger partial charge in [0, 0.05) is 131 Å². The highest BCUT2D eigenvalue weighted by molar-refractivity contribution is 7.99. The summed E-state index contributed by atoms with van der Waals surface area (Å²) in [5.41, 5.74) is 11.8. The minimum Gasteiger partial charge on any atom is -0.391 e. The third-order valence-corrected chi connectivity index (χ3v) is 26.0. The Morgan fingerprint density at radius 2 is 1.49 bits per heavy atom. The van der Waals surface area contributed by atoms with E-state index in [2.05, 4.69) is 78.6 Å². The first kappa shape index (κ1) is 80.0. The molecule has 4 heterocycles. The number of thiazole rings is 1. The number of rotatable bonds is 35. The van der Waals surface area contributed by atoms with E-state index in [4.69, 9.17) is 9.47 Å². The Hall–Kier alpha value is -7.03. The number of hydrogen-bond donors (Lipinski definition) is 6. The quantitative estimate of drug-likeness (QED) is 0.0125. The molecule has 12 rings (SSSR count). The van der Waals surface area contributed by atoms with Crippen LogP contribution in [0.25, 0.3) is 10.4 Å². The zero-order valence-electron chi connectivity index (χ0n) is 63.4. The zero-order valence-corrected chi connectivity index (χ0v) is 65.9. The molecule has 6 fully saturated rings. The van der Waals surface area contributed by atoms with Crippen LogP contribution in [-0.2, 0) is 50.0 Å². The lowest BCUT2D eigenvalue weighted by Crippen LogP contribution is -2.61. The number of piperazine rings is 1. The topological polar surface area (TPSA) is 261 Å². The molecule has 0 spiro atoms. The summed E-state index contributed by atoms with van der Waals surface area (Å²) in [6.45, 7) is 25.6. The molecule has 106 heavy (non-hydrogen) atoms. The molecular formula is C82H112N10O11S3. The number of nitrogens with zero attached hydrogens (tertiary/aromatic N) is 5. The number of nitrogens with one attached hydrogen (secondary N) is 5. The SMILES string of the molecule is Cc1cc(S(=O)(=O)NC(=O)c2ccc(N3CCN(CC4=C(C56CC(C)(C5)C6)CC(C)(C)CC4)CC3)cc2)ccc1N[C@H](CCN1CCC(C(=O)CCCOCCOCCNC(=O)CCC(=O)N[C@H](C(=O)N2C[C@H](O)C[C@H]2C(=O)NCc2ccc(-c3scnc3C)cc2)C(C)(C)C)CC1)CSc1ccccc1. The first-order valence-electron chi connectivity index (χ1n) is 38.2. The van der Waals surface area contributed by atoms with Crippen LogP contribution < -0.4 is 30.9 Å². The number of hydrogen-bond acceptors (Lipinski definition) is 18. The lowest BCUT2D eigenvalue weighted by atomic mass is 9.33. The highest BCUT2D eigenvalue weighted by atomic mass is 32.2. The maximum absolute atomic E-state index is 14.1. The number of aromatic nitrogens is 1. The number of sulfonamides is 1. The van der Waals surface area contributed by atoms with E-state index in [-0.39, 0.29) is 79.6 Å². The monoisotopic (exact) mass is 1510 g/mol. The van der Waals surface area contributed by atoms with Gasteiger partial charge in [0.1, 0.15) is 17.9 Å². The van der Waals surface area contributed by atoms with E-state index >= 15 is 0 Å². The van der Waals surface area contributed by atoms with Crippen molar-refractivity contribution >= 4 is 79.8 Å². The molecule has 1 aromatic heterocycles. The molecule has 6 N–H and O–H groups in total. The van der Waals surface area contributed by atoms with Crippen molar-refractivity contribution in [1.82, 2.24) is 40.4 Å². The molecule has 574 valence electrons. The largest absolute Gasteiger partial charge is 0.391 e. The Balaban J connectivity index is 0.539. The average molecular weight is 1510 g/mol. The van der Waals surface area contributed by atoms with Gasteiger partial charge in [-0.3, -0.25) is 33.7 Å². The molecule has 2 bridgehead atoms. The first-order chi connectivity index (χ1) is 50.6. The van der Waals surface area contributed by atoms with E-state index in [9.17, 15) is 42.3 Å². The van der Waals surface area contributed by atoms with Crippen molar-refractivity contribution in [3.05, 3.63) is 136 Å². The number of carbonyl (C=O) groups is 6. The van der Waals surface area contributed by atoms with Gasteiger partial charge in [-0.15, -0.1) is 23.1 Å². The molecule has 0 unspecified atom stereocenters. The highest BCUT2D eigenvalue weighted by Gasteiger charge is 2.67. The van der Waals surface area contributed by atoms with Gasteiger partial charge >= 0.3 is 0 Å². The van der Waals surface area contributed by atoms with Crippen LogP contribution in [0.3, 0.4) is 0 Å². The third-order valence-electron chi connectivity index (χ3n) is 22.5. The summed E-state index contributed by atoms with van der Waals surface area (Å²) in [6, 6.07) is 28.4. The predicted octanol–water partition coefficient (Wildman–Crippen LogP) is 11.1. The Kier molecular flexibility index (Phi) is 26.8. The van der Waals surface area contributed by atoms with Crippen molar-refractivity contribution in [2.75, 3.05) is 108 Å². The molecule has 3 saturated carbocycles. The number of ketones is 1. The van der Waals surface area contributed by atoms with Crippen LogP contribution in [-0.4, -0.2) is 190 Å². The predicted molar refractivity (Wildman–Crippen MR) is 418 cm³/mol. The molecule has 7 aliphatic rings. The van der Waals surface area contributed by atoms with Crippen molar-refractivity contribution in [2.24, 2.45) is 27.6 Å². The van der Waals surface area contributed by atoms with Crippen molar-refractivity contribution in [2.45, 2.75) is 186 Å². The van der Waals surface area contributed by atoms with Gasteiger partial charge in [0.2, 0.25) is 23.6 Å². The molecule has 5 aromatic rings. The lowest BCUT2D eigenvalue weighted by Gasteiger charge is -2.72. The van der Waals surface area contributed by atoms with Crippen molar-refractivity contribution < 1.29 is 51.8 Å². The molecule has 0 radical (unpaired) electrons. The Labute approximate surface area is 636 Å². The van der Waals surface area contributed by atoms with Crippen LogP contribution in [0.4, 0.5) is 11.4 Å². The summed E-state index contributed by atoms with van der Waals surface area (Å²) in [5.74, 6) is -1.36. The molecule has 21 nitrogen and oxygen atoms in total. The second-order valence-electron chi connectivity index (χ2n) is 32.7. The normalized spacial score (nSPS) is 21.9. The lowest BCUT2D eigenvalue weighted by molar-refractivity contribution is -0.167. The second-order valence-corrected chi connectivity index (χ2v) is 36.4. The molecule has 24 heteroatoms. The van der Waals surface area contributed by atoms with Crippen LogP contribution >= 0.6 is 23.1 Å². The Morgan fingerprint density at radius 3 is 2.16 bits per heavy atom. The first-order valence-corrected chi connectivity index (χ1v) is 41.6. The van der Waals surface area contributed by atoms with Crippen molar-refractivity contribution in [3.8, 4) is 10.4 Å². The second kappa shape index (κ2) is 35.6. The number of ether oxygens (including phenoxy) is 2. The number of allylic oxidation sites excluding steroid dienone is 1. The number of aliphatic hydroxyl groups is 1. The van der Waals surface area contributed by atoms with Crippen LogP contribution in [0.2, 0.25) is 0 Å². The fourth-order valence-corrected chi connectivity index (χ4v) is 19.4. The third kappa shape index (κ3) is 21.3. The molecule has 3 aliphatic heterocycles. The summed E-state index contributed by atoms with van der Waals surface area (Å²) in [6.07, 6.45) is 10.2. The fourth-order valence-electron chi connectivity index (χ4n) is 16.6. The van der Waals surface area contributed by atoms with Gasteiger partial charge < -0.3 is 50.5 Å². The van der Waals surface area contributed by atoms with E-state index in [1.54, 1.807) is 70.1 Å². The fraction of sp³-hybridized carbons (Fsp3) is 0.573. The van der Waals surface area contributed by atoms with E-state index in [1.165, 1.54) is 43.4 Å². The summed E-state index contributed by atoms with van der Waals surface area (Å²) >= 11 is 3.33. The number of aryl methyl sites for hydroxylation is 2. The van der Waals surface area contributed by atoms with Gasteiger partial charge in [-0.1, -0.05) is 95.2 Å². The summed E-state index contributed by atoms with van der Waals surface area (Å²) in [7, 11) is -4.19. The zero-order chi connectivity index (χ0) is 75.4. The van der Waals surface area contributed by atoms with Crippen LogP contribution in [0, 0.1) is 41.4 Å². The summed E-state index contributed by atoms with van der Waals surface area (Å²) in [5, 5.41) is 22.8. The van der Waals surface area contributed by atoms with E-state index < -0.39 is 57.3 Å². The summed E-state index contributed by atoms with van der Waals surface area (Å²) in [4.78, 5) is 95.8. The van der Waals surface area contributed by atoms with Gasteiger partial charge in [0.15, 0.2) is 0 Å². The van der Waals surface area contributed by atoms with Crippen LogP contribution in [0.5, 0.6) is 0 Å². The molecule has 3 saturated heterocycles. The van der Waals surface area contributed by atoms with Crippen molar-refractivity contribution in [1.29, 1.82) is 0 Å². The molecule has 5 amide bonds. The van der Waals surface area contributed by atoms with Crippen LogP contribution in [0.15, 0.2) is 124 Å². The minimum atomic E-state index is -4.19. The number of benzene rings is 4. The number of amides is 5. The number of thioether (sulfide) groups is 1. The number of β-amino-alcohol motifs (C(OH)–C–C–N with tert-alkyl or cyclic N) is 1. The number of piperidine rings is 1. The summed E-state index contributed by atoms with van der Waals surface area (Å²) < 4.78 is 41.3. The van der Waals surface area contributed by atoms with E-state index in [1.807, 2.05) is 89.2 Å². The number of aliphatic hydroxyl groups excluding tert-OH is 1. The average Bonchev–Trinajstić information content (AvgIpc) is 0.766. The van der Waals surface area contributed by atoms with Gasteiger partial charge in [0.25, 0.3) is 15.9 Å². The maximum Gasteiger partial charge on any atom is 0.264 e. The van der Waals surface area contributed by atoms with Gasteiger partial charge in [-0.2, -0.15) is 0 Å². The van der Waals surface area contributed by atoms with Crippen molar-refractivity contribution in [3.63, 3.8) is 0 Å². The number of likely N-dealkylation sites (tertiary alicyclic amines) is 2. The Bertz CT molecular complexity index is 3990. The minimum absolute atomic E-state index is 0.00332. The van der Waals surface area contributed by atoms with Gasteiger partial charge in [0.05, 0.1) is 46.9 Å².